The molecule has 0 saturated heterocycles. The Kier molecular flexibility index (Phi) is 3.63. The van der Waals surface area contributed by atoms with Gasteiger partial charge in [-0.05, 0) is 26.8 Å². The first-order valence-electron chi connectivity index (χ1n) is 4.75. The minimum atomic E-state index is -0.157. The molecular weight excluding hydrogens is 178 g/mol. The maximum absolute atomic E-state index is 11.1. The number of aromatic nitrogens is 1. The van der Waals surface area contributed by atoms with Crippen LogP contribution in [0.2, 0.25) is 0 Å². The molecule has 0 bridgehead atoms. The summed E-state index contributed by atoms with van der Waals surface area (Å²) in [6.45, 7) is 5.91. The van der Waals surface area contributed by atoms with Crippen molar-refractivity contribution in [1.29, 1.82) is 0 Å². The van der Waals surface area contributed by atoms with Crippen LogP contribution in [-0.2, 0) is 4.79 Å². The van der Waals surface area contributed by atoms with Gasteiger partial charge in [0.15, 0.2) is 0 Å². The fourth-order valence-corrected chi connectivity index (χ4v) is 1.11. The molecular formula is C11H15NO2. The molecule has 0 radical (unpaired) electrons. The summed E-state index contributed by atoms with van der Waals surface area (Å²) in [5.41, 5.74) is 0.767. The Hall–Kier alpha value is -1.38. The van der Waals surface area contributed by atoms with Crippen LogP contribution in [0.15, 0.2) is 18.2 Å². The number of pyridine rings is 1. The quantitative estimate of drug-likeness (QED) is 0.735. The molecule has 1 aromatic heterocycles. The van der Waals surface area contributed by atoms with Gasteiger partial charge in [0.1, 0.15) is 5.78 Å². The van der Waals surface area contributed by atoms with Crippen LogP contribution in [-0.4, -0.2) is 17.4 Å². The lowest BCUT2D eigenvalue weighted by Crippen LogP contribution is -2.07. The average molecular weight is 193 g/mol. The van der Waals surface area contributed by atoms with Gasteiger partial charge in [0.2, 0.25) is 5.88 Å². The molecule has 0 amide bonds. The molecule has 0 saturated carbocycles. The summed E-state index contributed by atoms with van der Waals surface area (Å²) in [6, 6.07) is 5.49. The normalized spacial score (nSPS) is 12.2. The summed E-state index contributed by atoms with van der Waals surface area (Å²) in [4.78, 5) is 15.4. The number of hydrogen-bond donors (Lipinski definition) is 0. The summed E-state index contributed by atoms with van der Waals surface area (Å²) >= 11 is 0. The zero-order valence-electron chi connectivity index (χ0n) is 8.78. The van der Waals surface area contributed by atoms with Crippen LogP contribution in [0.1, 0.15) is 32.4 Å². The van der Waals surface area contributed by atoms with Gasteiger partial charge in [0.25, 0.3) is 0 Å². The van der Waals surface area contributed by atoms with Crippen molar-refractivity contribution in [2.75, 3.05) is 6.61 Å². The van der Waals surface area contributed by atoms with Crippen LogP contribution in [0.4, 0.5) is 0 Å². The third-order valence-corrected chi connectivity index (χ3v) is 2.09. The van der Waals surface area contributed by atoms with E-state index in [9.17, 15) is 4.79 Å². The number of ketones is 1. The van der Waals surface area contributed by atoms with Crippen molar-refractivity contribution in [3.05, 3.63) is 23.9 Å². The minimum Gasteiger partial charge on any atom is -0.478 e. The molecule has 1 atom stereocenters. The molecule has 76 valence electrons. The number of hydrogen-bond acceptors (Lipinski definition) is 3. The molecule has 3 heteroatoms. The van der Waals surface area contributed by atoms with Gasteiger partial charge in [-0.3, -0.25) is 4.79 Å². The van der Waals surface area contributed by atoms with E-state index < -0.39 is 0 Å². The van der Waals surface area contributed by atoms with Gasteiger partial charge in [-0.1, -0.05) is 6.07 Å². The smallest absolute Gasteiger partial charge is 0.213 e. The highest BCUT2D eigenvalue weighted by Gasteiger charge is 2.12. The highest BCUT2D eigenvalue weighted by Crippen LogP contribution is 2.16. The van der Waals surface area contributed by atoms with E-state index in [1.807, 2.05) is 26.0 Å². The van der Waals surface area contributed by atoms with Crippen molar-refractivity contribution in [2.24, 2.45) is 0 Å². The summed E-state index contributed by atoms with van der Waals surface area (Å²) in [6.07, 6.45) is 0. The second-order valence-electron chi connectivity index (χ2n) is 3.17. The zero-order chi connectivity index (χ0) is 10.6. The van der Waals surface area contributed by atoms with Gasteiger partial charge >= 0.3 is 0 Å². The number of carbonyl (C=O) groups is 1. The first kappa shape index (κ1) is 10.7. The first-order chi connectivity index (χ1) is 6.65. The molecule has 0 aliphatic carbocycles. The molecule has 0 aliphatic heterocycles. The number of Topliss-reactive ketones (excluding diaryl/α,β-unsaturated/α-hetero) is 1. The molecule has 1 aromatic rings. The predicted molar refractivity (Wildman–Crippen MR) is 54.5 cm³/mol. The molecule has 0 spiro atoms. The van der Waals surface area contributed by atoms with E-state index in [0.29, 0.717) is 12.5 Å². The Morgan fingerprint density at radius 1 is 1.57 bits per heavy atom. The highest BCUT2D eigenvalue weighted by molar-refractivity contribution is 5.82. The first-order valence-corrected chi connectivity index (χ1v) is 4.75. The van der Waals surface area contributed by atoms with Crippen molar-refractivity contribution in [1.82, 2.24) is 4.98 Å². The SMILES string of the molecule is CCOc1cccc(C(C)C(C)=O)n1. The molecule has 14 heavy (non-hydrogen) atoms. The van der Waals surface area contributed by atoms with E-state index in [2.05, 4.69) is 4.98 Å². The van der Waals surface area contributed by atoms with Crippen molar-refractivity contribution in [3.8, 4) is 5.88 Å². The fourth-order valence-electron chi connectivity index (χ4n) is 1.11. The van der Waals surface area contributed by atoms with E-state index in [0.717, 1.165) is 5.69 Å². The maximum Gasteiger partial charge on any atom is 0.213 e. The van der Waals surface area contributed by atoms with E-state index >= 15 is 0 Å². The molecule has 1 unspecified atom stereocenters. The molecule has 1 heterocycles. The highest BCUT2D eigenvalue weighted by atomic mass is 16.5. The fraction of sp³-hybridized carbons (Fsp3) is 0.455. The topological polar surface area (TPSA) is 39.2 Å². The maximum atomic E-state index is 11.1. The summed E-state index contributed by atoms with van der Waals surface area (Å²) in [5.74, 6) is 0.541. The van der Waals surface area contributed by atoms with Gasteiger partial charge in [-0.15, -0.1) is 0 Å². The van der Waals surface area contributed by atoms with Crippen molar-refractivity contribution < 1.29 is 9.53 Å². The average Bonchev–Trinajstić information content (AvgIpc) is 2.17. The molecule has 0 fully saturated rings. The Bertz CT molecular complexity index is 323. The lowest BCUT2D eigenvalue weighted by Gasteiger charge is -2.08. The minimum absolute atomic E-state index is 0.117. The molecule has 0 N–H and O–H groups in total. The second kappa shape index (κ2) is 4.74. The Balaban J connectivity index is 2.87. The third-order valence-electron chi connectivity index (χ3n) is 2.09. The third kappa shape index (κ3) is 2.55. The van der Waals surface area contributed by atoms with Crippen LogP contribution in [0.5, 0.6) is 5.88 Å². The molecule has 0 aliphatic rings. The standard InChI is InChI=1S/C11H15NO2/c1-4-14-11-7-5-6-10(12-11)8(2)9(3)13/h5-8H,4H2,1-3H3. The number of carbonyl (C=O) groups excluding carboxylic acids is 1. The van der Waals surface area contributed by atoms with Gasteiger partial charge in [-0.25, -0.2) is 4.98 Å². The van der Waals surface area contributed by atoms with Crippen molar-refractivity contribution >= 4 is 5.78 Å². The number of rotatable bonds is 4. The summed E-state index contributed by atoms with van der Waals surface area (Å²) in [5, 5.41) is 0. The van der Waals surface area contributed by atoms with Crippen LogP contribution in [0.3, 0.4) is 0 Å². The Morgan fingerprint density at radius 2 is 2.29 bits per heavy atom. The molecule has 3 nitrogen and oxygen atoms in total. The Morgan fingerprint density at radius 3 is 2.86 bits per heavy atom. The van der Waals surface area contributed by atoms with Crippen LogP contribution in [0, 0.1) is 0 Å². The van der Waals surface area contributed by atoms with Gasteiger partial charge in [0, 0.05) is 6.07 Å². The monoisotopic (exact) mass is 193 g/mol. The van der Waals surface area contributed by atoms with Gasteiger partial charge < -0.3 is 4.74 Å². The van der Waals surface area contributed by atoms with E-state index in [1.165, 1.54) is 0 Å². The summed E-state index contributed by atoms with van der Waals surface area (Å²) < 4.78 is 5.25. The lowest BCUT2D eigenvalue weighted by molar-refractivity contribution is -0.118. The number of nitrogens with zero attached hydrogens (tertiary/aromatic N) is 1. The van der Waals surface area contributed by atoms with Crippen LogP contribution >= 0.6 is 0 Å². The lowest BCUT2D eigenvalue weighted by atomic mass is 10.0. The van der Waals surface area contributed by atoms with Crippen LogP contribution in [0.25, 0.3) is 0 Å². The van der Waals surface area contributed by atoms with Crippen molar-refractivity contribution in [2.45, 2.75) is 26.7 Å². The zero-order valence-corrected chi connectivity index (χ0v) is 8.78. The van der Waals surface area contributed by atoms with E-state index in [4.69, 9.17) is 4.74 Å². The number of ether oxygens (including phenoxy) is 1. The predicted octanol–water partition coefficient (Wildman–Crippen LogP) is 2.17. The van der Waals surface area contributed by atoms with Gasteiger partial charge in [-0.2, -0.15) is 0 Å². The molecule has 0 aromatic carbocycles. The van der Waals surface area contributed by atoms with Crippen molar-refractivity contribution in [3.63, 3.8) is 0 Å². The Labute approximate surface area is 84.1 Å². The van der Waals surface area contributed by atoms with E-state index in [-0.39, 0.29) is 11.7 Å². The molecule has 1 rings (SSSR count). The largest absolute Gasteiger partial charge is 0.478 e. The van der Waals surface area contributed by atoms with Gasteiger partial charge in [0.05, 0.1) is 18.2 Å². The second-order valence-corrected chi connectivity index (χ2v) is 3.17. The summed E-state index contributed by atoms with van der Waals surface area (Å²) in [7, 11) is 0. The van der Waals surface area contributed by atoms with Crippen LogP contribution < -0.4 is 4.74 Å². The van der Waals surface area contributed by atoms with E-state index in [1.54, 1.807) is 13.0 Å².